The zero-order chi connectivity index (χ0) is 12.4. The van der Waals surface area contributed by atoms with E-state index < -0.39 is 0 Å². The van der Waals surface area contributed by atoms with Crippen LogP contribution < -0.4 is 0 Å². The van der Waals surface area contributed by atoms with Crippen LogP contribution in [0, 0.1) is 0 Å². The Balaban J connectivity index is 0.00000256. The minimum atomic E-state index is 0. The van der Waals surface area contributed by atoms with Crippen LogP contribution in [0.15, 0.2) is 24.3 Å². The van der Waals surface area contributed by atoms with Crippen molar-refractivity contribution in [2.24, 2.45) is 0 Å². The maximum atomic E-state index is 2.40. The predicted molar refractivity (Wildman–Crippen MR) is 76.7 cm³/mol. The van der Waals surface area contributed by atoms with Gasteiger partial charge in [0.15, 0.2) is 0 Å². The predicted octanol–water partition coefficient (Wildman–Crippen LogP) is 4.24. The number of rotatable bonds is 4. The van der Waals surface area contributed by atoms with E-state index in [-0.39, 0.29) is 5.48 Å². The molecule has 0 radical (unpaired) electrons. The third kappa shape index (κ3) is 3.57. The summed E-state index contributed by atoms with van der Waals surface area (Å²) in [6.07, 6.45) is 2.37. The van der Waals surface area contributed by atoms with Gasteiger partial charge in [-0.2, -0.15) is 0 Å². The van der Waals surface area contributed by atoms with Crippen LogP contribution in [-0.2, 0) is 10.8 Å². The second kappa shape index (κ2) is 5.68. The second-order valence-electron chi connectivity index (χ2n) is 6.06. The molecule has 1 rings (SSSR count). The summed E-state index contributed by atoms with van der Waals surface area (Å²) in [6.45, 7) is 13.8. The van der Waals surface area contributed by atoms with E-state index in [2.05, 4.69) is 65.8 Å². The van der Waals surface area contributed by atoms with E-state index in [0.717, 1.165) is 0 Å². The highest BCUT2D eigenvalue weighted by molar-refractivity contribution is 5.33. The van der Waals surface area contributed by atoms with E-state index in [1.54, 1.807) is 0 Å². The molecule has 1 heteroatoms. The average Bonchev–Trinajstić information content (AvgIpc) is 2.29. The lowest BCUT2D eigenvalue weighted by atomic mass is 9.77. The van der Waals surface area contributed by atoms with Gasteiger partial charge in [-0.15, -0.1) is 0 Å². The third-order valence-corrected chi connectivity index (χ3v) is 4.19. The van der Waals surface area contributed by atoms with E-state index in [1.807, 2.05) is 0 Å². The summed E-state index contributed by atoms with van der Waals surface area (Å²) < 4.78 is 0. The molecule has 0 atom stereocenters. The molecule has 0 fully saturated rings. The molecule has 2 N–H and O–H groups in total. The normalized spacial score (nSPS) is 12.1. The molecule has 0 unspecified atom stereocenters. The smallest absolute Gasteiger partial charge is 0.0106 e. The summed E-state index contributed by atoms with van der Waals surface area (Å²) in [5.74, 6) is 0. The molecule has 0 aromatic heterocycles. The van der Waals surface area contributed by atoms with E-state index in [0.29, 0.717) is 10.8 Å². The maximum absolute atomic E-state index is 2.40. The van der Waals surface area contributed by atoms with Crippen molar-refractivity contribution < 1.29 is 5.48 Å². The van der Waals surface area contributed by atoms with Crippen molar-refractivity contribution in [1.29, 1.82) is 0 Å². The molecule has 0 heterocycles. The molecule has 98 valence electrons. The van der Waals surface area contributed by atoms with Crippen LogP contribution in [0.5, 0.6) is 0 Å². The Bertz CT molecular complexity index is 319. The molecule has 0 amide bonds. The molecule has 17 heavy (non-hydrogen) atoms. The molecule has 0 saturated heterocycles. The standard InChI is InChI=1S/C16H26.H2O/c1-7-15(3,4)13-10-9-11-14(12-13)16(5,6)8-2;/h9-12H,7-8H2,1-6H3;1H2. The fourth-order valence-electron chi connectivity index (χ4n) is 1.77. The Labute approximate surface area is 107 Å². The molecule has 1 aromatic rings. The highest BCUT2D eigenvalue weighted by Crippen LogP contribution is 2.32. The lowest BCUT2D eigenvalue weighted by molar-refractivity contribution is 0.488. The highest BCUT2D eigenvalue weighted by Gasteiger charge is 2.22. The van der Waals surface area contributed by atoms with Gasteiger partial charge in [0, 0.05) is 0 Å². The Morgan fingerprint density at radius 1 is 0.824 bits per heavy atom. The Kier molecular flexibility index (Phi) is 5.41. The largest absolute Gasteiger partial charge is 0.412 e. The zero-order valence-corrected chi connectivity index (χ0v) is 12.2. The van der Waals surface area contributed by atoms with Crippen LogP contribution in [-0.4, -0.2) is 5.48 Å². The van der Waals surface area contributed by atoms with Gasteiger partial charge in [-0.1, -0.05) is 65.8 Å². The molecule has 0 bridgehead atoms. The Morgan fingerprint density at radius 3 is 1.47 bits per heavy atom. The van der Waals surface area contributed by atoms with E-state index in [4.69, 9.17) is 0 Å². The van der Waals surface area contributed by atoms with Crippen LogP contribution in [0.4, 0.5) is 0 Å². The summed E-state index contributed by atoms with van der Waals surface area (Å²) >= 11 is 0. The number of hydrogen-bond acceptors (Lipinski definition) is 0. The van der Waals surface area contributed by atoms with Gasteiger partial charge in [0.1, 0.15) is 0 Å². The van der Waals surface area contributed by atoms with Gasteiger partial charge in [0.05, 0.1) is 0 Å². The van der Waals surface area contributed by atoms with Crippen molar-refractivity contribution in [3.63, 3.8) is 0 Å². The SMILES string of the molecule is CCC(C)(C)c1cccc(C(C)(C)CC)c1.O. The first kappa shape index (κ1) is 16.2. The Hall–Kier alpha value is -0.820. The summed E-state index contributed by atoms with van der Waals surface area (Å²) in [6, 6.07) is 9.13. The molecule has 0 aliphatic carbocycles. The molecule has 0 aliphatic rings. The monoisotopic (exact) mass is 236 g/mol. The quantitative estimate of drug-likeness (QED) is 0.749. The highest BCUT2D eigenvalue weighted by atomic mass is 16.0. The van der Waals surface area contributed by atoms with Crippen molar-refractivity contribution in [2.75, 3.05) is 0 Å². The topological polar surface area (TPSA) is 31.5 Å². The van der Waals surface area contributed by atoms with Crippen LogP contribution >= 0.6 is 0 Å². The van der Waals surface area contributed by atoms with Crippen LogP contribution in [0.1, 0.15) is 65.5 Å². The molecular weight excluding hydrogens is 208 g/mol. The lowest BCUT2D eigenvalue weighted by Gasteiger charge is -2.28. The first-order valence-electron chi connectivity index (χ1n) is 6.44. The molecule has 0 aliphatic heterocycles. The van der Waals surface area contributed by atoms with Gasteiger partial charge in [-0.25, -0.2) is 0 Å². The van der Waals surface area contributed by atoms with Gasteiger partial charge >= 0.3 is 0 Å². The summed E-state index contributed by atoms with van der Waals surface area (Å²) in [5, 5.41) is 0. The molecule has 0 saturated carbocycles. The fraction of sp³-hybridized carbons (Fsp3) is 0.625. The van der Waals surface area contributed by atoms with Crippen LogP contribution in [0.25, 0.3) is 0 Å². The fourth-order valence-corrected chi connectivity index (χ4v) is 1.77. The van der Waals surface area contributed by atoms with Gasteiger partial charge in [-0.3, -0.25) is 0 Å². The molecule has 1 nitrogen and oxygen atoms in total. The average molecular weight is 236 g/mol. The van der Waals surface area contributed by atoms with Gasteiger partial charge < -0.3 is 5.48 Å². The summed E-state index contributed by atoms with van der Waals surface area (Å²) in [7, 11) is 0. The van der Waals surface area contributed by atoms with E-state index in [9.17, 15) is 0 Å². The minimum Gasteiger partial charge on any atom is -0.412 e. The van der Waals surface area contributed by atoms with Crippen molar-refractivity contribution in [3.8, 4) is 0 Å². The zero-order valence-electron chi connectivity index (χ0n) is 12.2. The summed E-state index contributed by atoms with van der Waals surface area (Å²) in [4.78, 5) is 0. The summed E-state index contributed by atoms with van der Waals surface area (Å²) in [5.41, 5.74) is 3.52. The minimum absolute atomic E-state index is 0. The van der Waals surface area contributed by atoms with Gasteiger partial charge in [0.25, 0.3) is 0 Å². The number of benzene rings is 1. The maximum Gasteiger partial charge on any atom is -0.0106 e. The second-order valence-corrected chi connectivity index (χ2v) is 6.06. The first-order valence-corrected chi connectivity index (χ1v) is 6.44. The van der Waals surface area contributed by atoms with Crippen molar-refractivity contribution in [1.82, 2.24) is 0 Å². The van der Waals surface area contributed by atoms with Gasteiger partial charge in [-0.05, 0) is 34.8 Å². The van der Waals surface area contributed by atoms with Gasteiger partial charge in [0.2, 0.25) is 0 Å². The molecule has 1 aromatic carbocycles. The van der Waals surface area contributed by atoms with Crippen LogP contribution in [0.2, 0.25) is 0 Å². The van der Waals surface area contributed by atoms with Crippen molar-refractivity contribution in [2.45, 2.75) is 65.2 Å². The molecule has 0 spiro atoms. The van der Waals surface area contributed by atoms with Crippen LogP contribution in [0.3, 0.4) is 0 Å². The van der Waals surface area contributed by atoms with E-state index >= 15 is 0 Å². The Morgan fingerprint density at radius 2 is 1.18 bits per heavy atom. The first-order chi connectivity index (χ1) is 7.33. The number of hydrogen-bond donors (Lipinski definition) is 0. The molecular formula is C16H28O. The third-order valence-electron chi connectivity index (χ3n) is 4.19. The lowest BCUT2D eigenvalue weighted by Crippen LogP contribution is -2.19. The van der Waals surface area contributed by atoms with Crippen molar-refractivity contribution >= 4 is 0 Å². The van der Waals surface area contributed by atoms with Crippen molar-refractivity contribution in [3.05, 3.63) is 35.4 Å². The van der Waals surface area contributed by atoms with E-state index in [1.165, 1.54) is 24.0 Å².